The number of urea groups is 1. The number of esters is 1. The summed E-state index contributed by atoms with van der Waals surface area (Å²) < 4.78 is 11.6. The van der Waals surface area contributed by atoms with E-state index in [2.05, 4.69) is 20.7 Å². The van der Waals surface area contributed by atoms with Crippen molar-refractivity contribution in [2.75, 3.05) is 19.0 Å². The maximum Gasteiger partial charge on any atom is 0.342 e. The third-order valence-corrected chi connectivity index (χ3v) is 4.23. The number of amides is 3. The van der Waals surface area contributed by atoms with Crippen molar-refractivity contribution in [3.05, 3.63) is 66.1 Å². The number of hydrogen-bond acceptors (Lipinski definition) is 7. The molecule has 31 heavy (non-hydrogen) atoms. The van der Waals surface area contributed by atoms with Crippen LogP contribution in [0.4, 0.5) is 10.5 Å². The van der Waals surface area contributed by atoms with Crippen molar-refractivity contribution in [2.45, 2.75) is 13.3 Å². The van der Waals surface area contributed by atoms with Crippen LogP contribution in [0.25, 0.3) is 5.82 Å². The van der Waals surface area contributed by atoms with Crippen molar-refractivity contribution >= 4 is 23.6 Å². The van der Waals surface area contributed by atoms with E-state index in [1.54, 1.807) is 47.3 Å². The summed E-state index contributed by atoms with van der Waals surface area (Å²) in [5.41, 5.74) is 1.29. The number of aromatic nitrogens is 3. The fourth-order valence-electron chi connectivity index (χ4n) is 2.77. The molecule has 0 aliphatic rings. The lowest BCUT2D eigenvalue weighted by molar-refractivity contribution is -0.123. The highest BCUT2D eigenvalue weighted by Gasteiger charge is 2.20. The third kappa shape index (κ3) is 5.44. The number of benzene rings is 1. The molecule has 1 aromatic carbocycles. The van der Waals surface area contributed by atoms with E-state index >= 15 is 0 Å². The minimum absolute atomic E-state index is 0.226. The van der Waals surface area contributed by atoms with Gasteiger partial charge in [0.2, 0.25) is 0 Å². The van der Waals surface area contributed by atoms with Crippen LogP contribution in [0.3, 0.4) is 0 Å². The molecule has 0 aliphatic heterocycles. The molecule has 0 spiro atoms. The Labute approximate surface area is 178 Å². The zero-order valence-corrected chi connectivity index (χ0v) is 17.0. The number of imide groups is 1. The second-order valence-electron chi connectivity index (χ2n) is 6.27. The van der Waals surface area contributed by atoms with Gasteiger partial charge in [0.15, 0.2) is 12.4 Å². The van der Waals surface area contributed by atoms with Gasteiger partial charge < -0.3 is 14.8 Å². The van der Waals surface area contributed by atoms with Crippen molar-refractivity contribution in [2.24, 2.45) is 0 Å². The topological polar surface area (TPSA) is 124 Å². The quantitative estimate of drug-likeness (QED) is 0.559. The number of rotatable bonds is 7. The Morgan fingerprint density at radius 2 is 1.87 bits per heavy atom. The molecule has 2 heterocycles. The van der Waals surface area contributed by atoms with Gasteiger partial charge in [-0.1, -0.05) is 13.0 Å². The molecule has 0 aliphatic carbocycles. The summed E-state index contributed by atoms with van der Waals surface area (Å²) >= 11 is 0. The van der Waals surface area contributed by atoms with E-state index in [4.69, 9.17) is 9.47 Å². The molecule has 0 saturated heterocycles. The van der Waals surface area contributed by atoms with Gasteiger partial charge in [0.25, 0.3) is 5.91 Å². The lowest BCUT2D eigenvalue weighted by atomic mass is 10.2. The van der Waals surface area contributed by atoms with E-state index in [0.717, 1.165) is 0 Å². The Hall–Kier alpha value is -4.21. The number of carbonyl (C=O) groups is 3. The van der Waals surface area contributed by atoms with E-state index in [0.29, 0.717) is 29.4 Å². The van der Waals surface area contributed by atoms with E-state index in [9.17, 15) is 14.4 Å². The summed E-state index contributed by atoms with van der Waals surface area (Å²) in [4.78, 5) is 40.5. The number of carbonyl (C=O) groups excluding carboxylic acids is 3. The normalized spacial score (nSPS) is 10.3. The second kappa shape index (κ2) is 10.0. The van der Waals surface area contributed by atoms with Gasteiger partial charge in [0, 0.05) is 11.9 Å². The molecular weight excluding hydrogens is 402 g/mol. The number of pyridine rings is 1. The molecular formula is C21H21N5O5. The molecule has 0 atom stereocenters. The van der Waals surface area contributed by atoms with Crippen molar-refractivity contribution in [3.63, 3.8) is 0 Å². The minimum Gasteiger partial charge on any atom is -0.497 e. The minimum atomic E-state index is -0.769. The molecule has 0 unspecified atom stereocenters. The fourth-order valence-corrected chi connectivity index (χ4v) is 2.77. The highest BCUT2D eigenvalue weighted by molar-refractivity contribution is 6.02. The molecule has 0 radical (unpaired) electrons. The fraction of sp³-hybridized carbons (Fsp3) is 0.190. The third-order valence-electron chi connectivity index (χ3n) is 4.23. The highest BCUT2D eigenvalue weighted by atomic mass is 16.5. The monoisotopic (exact) mass is 423 g/mol. The van der Waals surface area contributed by atoms with Gasteiger partial charge in [-0.3, -0.25) is 10.1 Å². The number of nitrogens with zero attached hydrogens (tertiary/aromatic N) is 3. The predicted molar refractivity (Wildman–Crippen MR) is 111 cm³/mol. The maximum atomic E-state index is 12.4. The molecule has 3 amide bonds. The molecule has 2 aromatic heterocycles. The van der Waals surface area contributed by atoms with Gasteiger partial charge in [0.1, 0.15) is 11.3 Å². The number of methoxy groups -OCH3 is 1. The second-order valence-corrected chi connectivity index (χ2v) is 6.27. The summed E-state index contributed by atoms with van der Waals surface area (Å²) in [5, 5.41) is 8.78. The van der Waals surface area contributed by atoms with Crippen LogP contribution in [0.1, 0.15) is 23.0 Å². The van der Waals surface area contributed by atoms with Crippen LogP contribution in [0.15, 0.2) is 54.9 Å². The average Bonchev–Trinajstić information content (AvgIpc) is 3.22. The van der Waals surface area contributed by atoms with E-state index < -0.39 is 24.5 Å². The van der Waals surface area contributed by atoms with Gasteiger partial charge in [-0.25, -0.2) is 19.3 Å². The van der Waals surface area contributed by atoms with Crippen LogP contribution in [0, 0.1) is 0 Å². The molecule has 10 nitrogen and oxygen atoms in total. The molecule has 10 heteroatoms. The SMILES string of the molecule is CCc1c(C(=O)OCC(=O)NC(=O)Nc2ccc(OC)cc2)cnn1-c1ccccn1. The van der Waals surface area contributed by atoms with Crippen molar-refractivity contribution in [1.82, 2.24) is 20.1 Å². The molecule has 3 rings (SSSR count). The van der Waals surface area contributed by atoms with Crippen molar-refractivity contribution < 1.29 is 23.9 Å². The summed E-state index contributed by atoms with van der Waals surface area (Å²) in [6, 6.07) is 11.2. The molecule has 160 valence electrons. The lowest BCUT2D eigenvalue weighted by Crippen LogP contribution is -2.37. The highest BCUT2D eigenvalue weighted by Crippen LogP contribution is 2.16. The van der Waals surface area contributed by atoms with Crippen molar-refractivity contribution in [1.29, 1.82) is 0 Å². The van der Waals surface area contributed by atoms with Gasteiger partial charge in [0.05, 0.1) is 19.0 Å². The summed E-state index contributed by atoms with van der Waals surface area (Å²) in [7, 11) is 1.53. The summed E-state index contributed by atoms with van der Waals surface area (Å²) in [5.74, 6) is -0.294. The lowest BCUT2D eigenvalue weighted by Gasteiger charge is -2.09. The Kier molecular flexibility index (Phi) is 6.94. The first-order valence-corrected chi connectivity index (χ1v) is 9.42. The first kappa shape index (κ1) is 21.5. The van der Waals surface area contributed by atoms with Crippen LogP contribution in [0.5, 0.6) is 5.75 Å². The Morgan fingerprint density at radius 1 is 1.10 bits per heavy atom. The average molecular weight is 423 g/mol. The number of nitrogens with one attached hydrogen (secondary N) is 2. The summed E-state index contributed by atoms with van der Waals surface area (Å²) in [6.07, 6.45) is 3.48. The molecule has 0 bridgehead atoms. The van der Waals surface area contributed by atoms with Crippen LogP contribution in [0.2, 0.25) is 0 Å². The standard InChI is InChI=1S/C21H21N5O5/c1-3-17-16(12-23-26(17)18-6-4-5-11-22-18)20(28)31-13-19(27)25-21(29)24-14-7-9-15(30-2)10-8-14/h4-12H,3,13H2,1-2H3,(H2,24,25,27,29). The first-order valence-electron chi connectivity index (χ1n) is 9.42. The zero-order valence-electron chi connectivity index (χ0n) is 17.0. The van der Waals surface area contributed by atoms with E-state index in [1.807, 2.05) is 13.0 Å². The maximum absolute atomic E-state index is 12.4. The number of anilines is 1. The van der Waals surface area contributed by atoms with Crippen LogP contribution in [-0.2, 0) is 16.0 Å². The molecule has 0 fully saturated rings. The van der Waals surface area contributed by atoms with E-state index in [-0.39, 0.29) is 5.56 Å². The van der Waals surface area contributed by atoms with Crippen LogP contribution < -0.4 is 15.4 Å². The Morgan fingerprint density at radius 3 is 2.52 bits per heavy atom. The largest absolute Gasteiger partial charge is 0.497 e. The van der Waals surface area contributed by atoms with Crippen LogP contribution in [-0.4, -0.2) is 46.4 Å². The van der Waals surface area contributed by atoms with E-state index in [1.165, 1.54) is 13.3 Å². The van der Waals surface area contributed by atoms with Crippen molar-refractivity contribution in [3.8, 4) is 11.6 Å². The first-order chi connectivity index (χ1) is 15.0. The molecule has 3 aromatic rings. The van der Waals surface area contributed by atoms with Gasteiger partial charge in [-0.05, 0) is 42.8 Å². The predicted octanol–water partition coefficient (Wildman–Crippen LogP) is 2.34. The van der Waals surface area contributed by atoms with Gasteiger partial charge in [-0.2, -0.15) is 5.10 Å². The number of hydrogen-bond donors (Lipinski definition) is 2. The Balaban J connectivity index is 1.55. The Bertz CT molecular complexity index is 1060. The molecule has 2 N–H and O–H groups in total. The summed E-state index contributed by atoms with van der Waals surface area (Å²) in [6.45, 7) is 1.25. The number of ether oxygens (including phenoxy) is 2. The smallest absolute Gasteiger partial charge is 0.342 e. The van der Waals surface area contributed by atoms with Gasteiger partial charge in [-0.15, -0.1) is 0 Å². The van der Waals surface area contributed by atoms with Crippen LogP contribution >= 0.6 is 0 Å². The van der Waals surface area contributed by atoms with Gasteiger partial charge >= 0.3 is 12.0 Å². The molecule has 0 saturated carbocycles. The zero-order chi connectivity index (χ0) is 22.2.